The lowest BCUT2D eigenvalue weighted by Gasteiger charge is -2.09. The van der Waals surface area contributed by atoms with Crippen molar-refractivity contribution in [3.8, 4) is 17.0 Å². The normalized spacial score (nSPS) is 10.4. The van der Waals surface area contributed by atoms with Crippen LogP contribution in [-0.4, -0.2) is 18.0 Å². The highest BCUT2D eigenvalue weighted by atomic mass is 79.9. The molecular weight excluding hydrogens is 372 g/mol. The number of pyridine rings is 1. The van der Waals surface area contributed by atoms with Crippen LogP contribution in [0.3, 0.4) is 0 Å². The molecule has 3 aromatic rings. The Bertz CT molecular complexity index is 830. The van der Waals surface area contributed by atoms with Gasteiger partial charge in [0, 0.05) is 22.8 Å². The summed E-state index contributed by atoms with van der Waals surface area (Å²) in [6.07, 6.45) is 4.99. The first-order chi connectivity index (χ1) is 11.7. The monoisotopic (exact) mass is 386 g/mol. The number of carbonyl (C=O) groups is 1. The maximum Gasteiger partial charge on any atom is 0.252 e. The van der Waals surface area contributed by atoms with Crippen LogP contribution in [0.25, 0.3) is 11.3 Å². The molecule has 1 N–H and O–H groups in total. The third kappa shape index (κ3) is 3.65. The van der Waals surface area contributed by atoms with Crippen LogP contribution in [-0.2, 0) is 6.54 Å². The van der Waals surface area contributed by atoms with Gasteiger partial charge in [0.15, 0.2) is 0 Å². The first-order valence-corrected chi connectivity index (χ1v) is 8.06. The van der Waals surface area contributed by atoms with Crippen molar-refractivity contribution in [3.05, 3.63) is 70.7 Å². The number of rotatable bonds is 5. The van der Waals surface area contributed by atoms with Crippen LogP contribution in [0.2, 0.25) is 0 Å². The van der Waals surface area contributed by atoms with Gasteiger partial charge in [0.1, 0.15) is 5.75 Å². The fourth-order valence-corrected chi connectivity index (χ4v) is 2.62. The van der Waals surface area contributed by atoms with E-state index in [0.717, 1.165) is 16.8 Å². The van der Waals surface area contributed by atoms with Crippen LogP contribution in [0, 0.1) is 0 Å². The molecule has 0 aliphatic heterocycles. The molecule has 2 aromatic heterocycles. The molecule has 0 fully saturated rings. The van der Waals surface area contributed by atoms with Crippen LogP contribution in [0.1, 0.15) is 15.9 Å². The van der Waals surface area contributed by atoms with E-state index in [1.165, 1.54) is 0 Å². The molecule has 0 aliphatic carbocycles. The van der Waals surface area contributed by atoms with Crippen LogP contribution >= 0.6 is 15.9 Å². The molecule has 0 unspecified atom stereocenters. The van der Waals surface area contributed by atoms with Gasteiger partial charge in [0.05, 0.1) is 30.9 Å². The molecule has 0 radical (unpaired) electrons. The highest BCUT2D eigenvalue weighted by Gasteiger charge is 2.11. The molecule has 6 heteroatoms. The second kappa shape index (κ2) is 7.31. The lowest BCUT2D eigenvalue weighted by molar-refractivity contribution is 0.0949. The third-order valence-electron chi connectivity index (χ3n) is 3.51. The molecule has 2 heterocycles. The summed E-state index contributed by atoms with van der Waals surface area (Å²) in [4.78, 5) is 16.7. The molecular formula is C18H15BrN2O3. The summed E-state index contributed by atoms with van der Waals surface area (Å²) in [5.41, 5.74) is 3.19. The number of carbonyl (C=O) groups excluding carboxylic acids is 1. The van der Waals surface area contributed by atoms with Crippen LogP contribution in [0.15, 0.2) is 64.0 Å². The van der Waals surface area contributed by atoms with Crippen molar-refractivity contribution in [1.82, 2.24) is 10.3 Å². The van der Waals surface area contributed by atoms with Gasteiger partial charge in [0.2, 0.25) is 0 Å². The Balaban J connectivity index is 1.66. The number of halogens is 1. The van der Waals surface area contributed by atoms with E-state index in [9.17, 15) is 4.79 Å². The van der Waals surface area contributed by atoms with Crippen molar-refractivity contribution in [2.24, 2.45) is 0 Å². The number of nitrogens with one attached hydrogen (secondary N) is 1. The summed E-state index contributed by atoms with van der Waals surface area (Å²) in [6, 6.07) is 10.9. The number of hydrogen-bond acceptors (Lipinski definition) is 4. The predicted octanol–water partition coefficient (Wildman–Crippen LogP) is 4.04. The Labute approximate surface area is 147 Å². The Hall–Kier alpha value is -2.60. The van der Waals surface area contributed by atoms with E-state index in [-0.39, 0.29) is 5.91 Å². The Morgan fingerprint density at radius 1 is 1.29 bits per heavy atom. The zero-order chi connectivity index (χ0) is 16.9. The lowest BCUT2D eigenvalue weighted by Crippen LogP contribution is -2.23. The van der Waals surface area contributed by atoms with Gasteiger partial charge in [-0.25, -0.2) is 0 Å². The summed E-state index contributed by atoms with van der Waals surface area (Å²) in [6.45, 7) is 0.390. The molecule has 1 aromatic carbocycles. The van der Waals surface area contributed by atoms with Crippen molar-refractivity contribution >= 4 is 21.8 Å². The minimum atomic E-state index is -0.181. The first kappa shape index (κ1) is 16.3. The van der Waals surface area contributed by atoms with Crippen LogP contribution < -0.4 is 10.1 Å². The molecule has 24 heavy (non-hydrogen) atoms. The maximum atomic E-state index is 12.3. The summed E-state index contributed by atoms with van der Waals surface area (Å²) in [7, 11) is 1.57. The smallest absolute Gasteiger partial charge is 0.252 e. The van der Waals surface area contributed by atoms with E-state index in [1.54, 1.807) is 44.0 Å². The SMILES string of the molecule is COc1ccc(Br)c(C(=O)NCc2ccc(-c3ccoc3)nc2)c1. The van der Waals surface area contributed by atoms with Gasteiger partial charge in [-0.15, -0.1) is 0 Å². The highest BCUT2D eigenvalue weighted by molar-refractivity contribution is 9.10. The minimum absolute atomic E-state index is 0.181. The molecule has 0 atom stereocenters. The molecule has 0 saturated heterocycles. The topological polar surface area (TPSA) is 64.4 Å². The van der Waals surface area contributed by atoms with Crippen molar-refractivity contribution in [3.63, 3.8) is 0 Å². The van der Waals surface area contributed by atoms with Crippen molar-refractivity contribution < 1.29 is 13.9 Å². The molecule has 0 aliphatic rings. The Morgan fingerprint density at radius 3 is 2.83 bits per heavy atom. The van der Waals surface area contributed by atoms with E-state index in [1.807, 2.05) is 18.2 Å². The summed E-state index contributed by atoms with van der Waals surface area (Å²) in [5.74, 6) is 0.453. The predicted molar refractivity (Wildman–Crippen MR) is 93.8 cm³/mol. The number of methoxy groups -OCH3 is 1. The maximum absolute atomic E-state index is 12.3. The zero-order valence-corrected chi connectivity index (χ0v) is 14.5. The van der Waals surface area contributed by atoms with Gasteiger partial charge >= 0.3 is 0 Å². The summed E-state index contributed by atoms with van der Waals surface area (Å²) < 4.78 is 10.9. The van der Waals surface area contributed by atoms with Gasteiger partial charge in [-0.3, -0.25) is 9.78 Å². The molecule has 0 spiro atoms. The highest BCUT2D eigenvalue weighted by Crippen LogP contribution is 2.22. The van der Waals surface area contributed by atoms with Gasteiger partial charge < -0.3 is 14.5 Å². The molecule has 5 nitrogen and oxygen atoms in total. The Kier molecular flexibility index (Phi) is 4.96. The van der Waals surface area contributed by atoms with Crippen LogP contribution in [0.5, 0.6) is 5.75 Å². The first-order valence-electron chi connectivity index (χ1n) is 7.26. The van der Waals surface area contributed by atoms with Gasteiger partial charge in [-0.2, -0.15) is 0 Å². The van der Waals surface area contributed by atoms with Crippen molar-refractivity contribution in [2.45, 2.75) is 6.54 Å². The average molecular weight is 387 g/mol. The minimum Gasteiger partial charge on any atom is -0.497 e. The zero-order valence-electron chi connectivity index (χ0n) is 13.0. The second-order valence-corrected chi connectivity index (χ2v) is 5.95. The van der Waals surface area contributed by atoms with E-state index >= 15 is 0 Å². The van der Waals surface area contributed by atoms with Crippen molar-refractivity contribution in [1.29, 1.82) is 0 Å². The standard InChI is InChI=1S/C18H15BrN2O3/c1-23-14-3-4-16(19)15(8-14)18(22)21-10-12-2-5-17(20-9-12)13-6-7-24-11-13/h2-9,11H,10H2,1H3,(H,21,22). The number of hydrogen-bond donors (Lipinski definition) is 1. The fourth-order valence-electron chi connectivity index (χ4n) is 2.19. The van der Waals surface area contributed by atoms with Gasteiger partial charge in [0.25, 0.3) is 5.91 Å². The number of ether oxygens (including phenoxy) is 1. The number of nitrogens with zero attached hydrogens (tertiary/aromatic N) is 1. The van der Waals surface area contributed by atoms with Gasteiger partial charge in [-0.1, -0.05) is 6.07 Å². The fraction of sp³-hybridized carbons (Fsp3) is 0.111. The van der Waals surface area contributed by atoms with E-state index < -0.39 is 0 Å². The van der Waals surface area contributed by atoms with E-state index in [4.69, 9.17) is 9.15 Å². The molecule has 3 rings (SSSR count). The lowest BCUT2D eigenvalue weighted by atomic mass is 10.1. The summed E-state index contributed by atoms with van der Waals surface area (Å²) >= 11 is 3.38. The third-order valence-corrected chi connectivity index (χ3v) is 4.20. The largest absolute Gasteiger partial charge is 0.497 e. The number of aromatic nitrogens is 1. The number of benzene rings is 1. The van der Waals surface area contributed by atoms with E-state index in [0.29, 0.717) is 22.3 Å². The Morgan fingerprint density at radius 2 is 2.17 bits per heavy atom. The summed E-state index contributed by atoms with van der Waals surface area (Å²) in [5, 5.41) is 2.88. The van der Waals surface area contributed by atoms with Crippen LogP contribution in [0.4, 0.5) is 0 Å². The van der Waals surface area contributed by atoms with Gasteiger partial charge in [-0.05, 0) is 51.8 Å². The molecule has 122 valence electrons. The second-order valence-electron chi connectivity index (χ2n) is 5.09. The quantitative estimate of drug-likeness (QED) is 0.718. The number of furan rings is 1. The molecule has 0 bridgehead atoms. The number of amides is 1. The molecule has 0 saturated carbocycles. The molecule has 1 amide bonds. The van der Waals surface area contributed by atoms with E-state index in [2.05, 4.69) is 26.2 Å². The van der Waals surface area contributed by atoms with Crippen molar-refractivity contribution in [2.75, 3.05) is 7.11 Å². The average Bonchev–Trinajstić information content (AvgIpc) is 3.15.